The molecule has 0 radical (unpaired) electrons. The lowest BCUT2D eigenvalue weighted by Crippen LogP contribution is -2.59. The van der Waals surface area contributed by atoms with E-state index >= 15 is 0 Å². The molecule has 19 heavy (non-hydrogen) atoms. The number of nitrogens with zero attached hydrogens (tertiary/aromatic N) is 1. The summed E-state index contributed by atoms with van der Waals surface area (Å²) in [6.45, 7) is 4.68. The molecular weight excluding hydrogens is 234 g/mol. The van der Waals surface area contributed by atoms with Gasteiger partial charge < -0.3 is 5.11 Å². The molecule has 0 amide bonds. The molecule has 2 aliphatic rings. The van der Waals surface area contributed by atoms with Gasteiger partial charge in [-0.05, 0) is 44.1 Å². The molecule has 1 aromatic rings. The number of hydrogen-bond donors (Lipinski definition) is 1. The lowest BCUT2D eigenvalue weighted by atomic mass is 9.76. The number of aliphatic hydroxyl groups excluding tert-OH is 1. The first-order valence-corrected chi connectivity index (χ1v) is 7.69. The fourth-order valence-corrected chi connectivity index (χ4v) is 4.15. The molecule has 3 rings (SSSR count). The zero-order valence-corrected chi connectivity index (χ0v) is 12.0. The van der Waals surface area contributed by atoms with Crippen molar-refractivity contribution in [3.63, 3.8) is 0 Å². The van der Waals surface area contributed by atoms with E-state index in [1.165, 1.54) is 12.0 Å². The Kier molecular flexibility index (Phi) is 3.64. The van der Waals surface area contributed by atoms with Crippen molar-refractivity contribution in [3.8, 4) is 0 Å². The molecule has 2 heterocycles. The van der Waals surface area contributed by atoms with Gasteiger partial charge in [0.1, 0.15) is 0 Å². The first-order chi connectivity index (χ1) is 9.18. The molecule has 2 fully saturated rings. The predicted molar refractivity (Wildman–Crippen MR) is 77.9 cm³/mol. The monoisotopic (exact) mass is 259 g/mol. The van der Waals surface area contributed by atoms with Gasteiger partial charge in [0.2, 0.25) is 0 Å². The van der Waals surface area contributed by atoms with Crippen molar-refractivity contribution in [2.24, 2.45) is 5.92 Å². The van der Waals surface area contributed by atoms with E-state index in [2.05, 4.69) is 49.1 Å². The van der Waals surface area contributed by atoms with Gasteiger partial charge in [0.05, 0.1) is 6.10 Å². The van der Waals surface area contributed by atoms with Gasteiger partial charge in [-0.1, -0.05) is 37.3 Å². The van der Waals surface area contributed by atoms with Crippen molar-refractivity contribution in [1.82, 2.24) is 4.90 Å². The minimum atomic E-state index is -0.130. The molecule has 2 heteroatoms. The van der Waals surface area contributed by atoms with Crippen LogP contribution in [0.5, 0.6) is 0 Å². The maximum atomic E-state index is 10.3. The molecule has 5 atom stereocenters. The molecule has 0 spiro atoms. The van der Waals surface area contributed by atoms with Crippen molar-refractivity contribution in [3.05, 3.63) is 35.9 Å². The van der Waals surface area contributed by atoms with Crippen molar-refractivity contribution >= 4 is 0 Å². The third-order valence-corrected chi connectivity index (χ3v) is 5.27. The molecule has 0 saturated carbocycles. The average molecular weight is 259 g/mol. The lowest BCUT2D eigenvalue weighted by Gasteiger charge is -2.53. The van der Waals surface area contributed by atoms with Crippen LogP contribution >= 0.6 is 0 Å². The Morgan fingerprint density at radius 1 is 1.05 bits per heavy atom. The topological polar surface area (TPSA) is 23.5 Å². The van der Waals surface area contributed by atoms with Gasteiger partial charge >= 0.3 is 0 Å². The van der Waals surface area contributed by atoms with Gasteiger partial charge in [0.15, 0.2) is 0 Å². The van der Waals surface area contributed by atoms with Gasteiger partial charge in [0.25, 0.3) is 0 Å². The molecule has 2 unspecified atom stereocenters. The highest BCUT2D eigenvalue weighted by atomic mass is 16.3. The number of fused-ring (bicyclic) bond motifs is 2. The predicted octanol–water partition coefficient (Wildman–Crippen LogP) is 3.37. The van der Waals surface area contributed by atoms with Crippen LogP contribution in [0.3, 0.4) is 0 Å². The Labute approximate surface area is 116 Å². The maximum Gasteiger partial charge on any atom is 0.0696 e. The molecule has 2 bridgehead atoms. The first kappa shape index (κ1) is 13.1. The van der Waals surface area contributed by atoms with E-state index in [-0.39, 0.29) is 6.10 Å². The summed E-state index contributed by atoms with van der Waals surface area (Å²) in [5.74, 6) is 0.759. The zero-order chi connectivity index (χ0) is 13.4. The Balaban J connectivity index is 1.89. The quantitative estimate of drug-likeness (QED) is 0.880. The summed E-state index contributed by atoms with van der Waals surface area (Å²) >= 11 is 0. The smallest absolute Gasteiger partial charge is 0.0696 e. The Bertz CT molecular complexity index is 401. The third kappa shape index (κ3) is 2.32. The second kappa shape index (κ2) is 5.26. The van der Waals surface area contributed by atoms with E-state index in [0.29, 0.717) is 18.1 Å². The lowest BCUT2D eigenvalue weighted by molar-refractivity contribution is -0.0874. The number of aliphatic hydroxyl groups is 1. The minimum Gasteiger partial charge on any atom is -0.391 e. The normalized spacial score (nSPS) is 37.0. The average Bonchev–Trinajstić information content (AvgIpc) is 2.45. The molecule has 0 aliphatic carbocycles. The fourth-order valence-electron chi connectivity index (χ4n) is 4.15. The van der Waals surface area contributed by atoms with E-state index in [0.717, 1.165) is 25.2 Å². The number of rotatable bonds is 2. The van der Waals surface area contributed by atoms with Crippen LogP contribution in [0.1, 0.15) is 51.1 Å². The molecular formula is C17H25NO. The Morgan fingerprint density at radius 2 is 1.74 bits per heavy atom. The van der Waals surface area contributed by atoms with Gasteiger partial charge in [0, 0.05) is 18.1 Å². The largest absolute Gasteiger partial charge is 0.391 e. The second-order valence-electron chi connectivity index (χ2n) is 6.37. The number of hydrogen-bond acceptors (Lipinski definition) is 2. The van der Waals surface area contributed by atoms with Crippen LogP contribution in [-0.4, -0.2) is 28.2 Å². The summed E-state index contributed by atoms with van der Waals surface area (Å²) in [4.78, 5) is 2.61. The molecule has 1 aromatic carbocycles. The van der Waals surface area contributed by atoms with Crippen LogP contribution in [-0.2, 0) is 0 Å². The Morgan fingerprint density at radius 3 is 2.47 bits per heavy atom. The SMILES string of the molecule is CC1CC[C@@H]2[C@H](O)CCC1N2[C@H](C)c1ccccc1. The molecule has 2 nitrogen and oxygen atoms in total. The van der Waals surface area contributed by atoms with Gasteiger partial charge in [-0.3, -0.25) is 4.90 Å². The fraction of sp³-hybridized carbons (Fsp3) is 0.647. The van der Waals surface area contributed by atoms with Crippen LogP contribution in [0.4, 0.5) is 0 Å². The summed E-state index contributed by atoms with van der Waals surface area (Å²) in [7, 11) is 0. The van der Waals surface area contributed by atoms with Crippen molar-refractivity contribution < 1.29 is 5.11 Å². The second-order valence-corrected chi connectivity index (χ2v) is 6.37. The maximum absolute atomic E-state index is 10.3. The zero-order valence-electron chi connectivity index (χ0n) is 12.0. The Hall–Kier alpha value is -0.860. The highest BCUT2D eigenvalue weighted by Crippen LogP contribution is 2.42. The molecule has 2 saturated heterocycles. The summed E-state index contributed by atoms with van der Waals surface area (Å²) in [5, 5.41) is 10.3. The highest BCUT2D eigenvalue weighted by molar-refractivity contribution is 5.19. The summed E-state index contributed by atoms with van der Waals surface area (Å²) in [6, 6.07) is 12.2. The van der Waals surface area contributed by atoms with Crippen LogP contribution in [0, 0.1) is 5.92 Å². The standard InChI is InChI=1S/C17H25NO/c1-12-8-9-16-17(19)11-10-15(12)18(16)13(2)14-6-4-3-5-7-14/h3-7,12-13,15-17,19H,8-11H2,1-2H3/t12?,13-,15?,16-,17-/m1/s1. The van der Waals surface area contributed by atoms with Crippen molar-refractivity contribution in [2.75, 3.05) is 0 Å². The third-order valence-electron chi connectivity index (χ3n) is 5.27. The van der Waals surface area contributed by atoms with E-state index < -0.39 is 0 Å². The van der Waals surface area contributed by atoms with Gasteiger partial charge in [-0.25, -0.2) is 0 Å². The summed E-state index contributed by atoms with van der Waals surface area (Å²) < 4.78 is 0. The van der Waals surface area contributed by atoms with E-state index in [1.54, 1.807) is 0 Å². The number of benzene rings is 1. The van der Waals surface area contributed by atoms with Crippen LogP contribution in [0.25, 0.3) is 0 Å². The highest BCUT2D eigenvalue weighted by Gasteiger charge is 2.44. The van der Waals surface area contributed by atoms with Gasteiger partial charge in [-0.2, -0.15) is 0 Å². The molecule has 2 aliphatic heterocycles. The van der Waals surface area contributed by atoms with E-state index in [1.807, 2.05) is 0 Å². The van der Waals surface area contributed by atoms with Crippen LogP contribution in [0.15, 0.2) is 30.3 Å². The van der Waals surface area contributed by atoms with Crippen LogP contribution in [0.2, 0.25) is 0 Å². The molecule has 1 N–H and O–H groups in total. The first-order valence-electron chi connectivity index (χ1n) is 7.69. The summed E-state index contributed by atoms with van der Waals surface area (Å²) in [5.41, 5.74) is 1.38. The van der Waals surface area contributed by atoms with Gasteiger partial charge in [-0.15, -0.1) is 0 Å². The van der Waals surface area contributed by atoms with Crippen molar-refractivity contribution in [2.45, 2.75) is 63.8 Å². The van der Waals surface area contributed by atoms with E-state index in [9.17, 15) is 5.11 Å². The summed E-state index contributed by atoms with van der Waals surface area (Å²) in [6.07, 6.45) is 4.42. The van der Waals surface area contributed by atoms with Crippen molar-refractivity contribution in [1.29, 1.82) is 0 Å². The number of piperidine rings is 2. The van der Waals surface area contributed by atoms with E-state index in [4.69, 9.17) is 0 Å². The molecule has 104 valence electrons. The van der Waals surface area contributed by atoms with Crippen LogP contribution < -0.4 is 0 Å². The molecule has 0 aromatic heterocycles. The minimum absolute atomic E-state index is 0.130.